The average molecular weight is 297 g/mol. The Bertz CT molecular complexity index is 693. The summed E-state index contributed by atoms with van der Waals surface area (Å²) in [4.78, 5) is 18.6. The molecule has 2 aromatic rings. The Hall–Kier alpha value is -3.07. The summed E-state index contributed by atoms with van der Waals surface area (Å²) in [7, 11) is 0. The second kappa shape index (κ2) is 7.09. The summed E-state index contributed by atoms with van der Waals surface area (Å²) in [6.07, 6.45) is 1.44. The standard InChI is InChI=1S/C16H15N3O3/c1-3-22-13-6-4-5-11(9-13)15(16(20)21)19-12-7-8-14(17-2)18-10-12/h4-10,15,19H,3H2,1H3,(H,20,21). The summed E-state index contributed by atoms with van der Waals surface area (Å²) in [6.45, 7) is 9.23. The number of carboxylic acids is 1. The van der Waals surface area contributed by atoms with Crippen molar-refractivity contribution in [2.24, 2.45) is 0 Å². The average Bonchev–Trinajstić information content (AvgIpc) is 2.53. The minimum absolute atomic E-state index is 0.260. The van der Waals surface area contributed by atoms with Crippen LogP contribution in [0.15, 0.2) is 42.6 Å². The zero-order valence-corrected chi connectivity index (χ0v) is 12.0. The molecule has 1 atom stereocenters. The van der Waals surface area contributed by atoms with Crippen LogP contribution in [0.1, 0.15) is 18.5 Å². The first-order valence-corrected chi connectivity index (χ1v) is 6.69. The Labute approximate surface area is 128 Å². The van der Waals surface area contributed by atoms with Gasteiger partial charge < -0.3 is 20.0 Å². The van der Waals surface area contributed by atoms with Gasteiger partial charge >= 0.3 is 5.97 Å². The van der Waals surface area contributed by atoms with Gasteiger partial charge in [-0.3, -0.25) is 0 Å². The number of aromatic nitrogens is 1. The Morgan fingerprint density at radius 1 is 1.45 bits per heavy atom. The number of anilines is 1. The van der Waals surface area contributed by atoms with Crippen LogP contribution in [0.4, 0.5) is 11.5 Å². The van der Waals surface area contributed by atoms with Crippen molar-refractivity contribution in [1.29, 1.82) is 0 Å². The van der Waals surface area contributed by atoms with Crippen LogP contribution in [0.3, 0.4) is 0 Å². The van der Waals surface area contributed by atoms with Gasteiger partial charge in [-0.05, 0) is 36.8 Å². The number of nitrogens with one attached hydrogen (secondary N) is 1. The first-order chi connectivity index (χ1) is 10.6. The molecule has 1 unspecified atom stereocenters. The van der Waals surface area contributed by atoms with E-state index in [9.17, 15) is 9.90 Å². The molecule has 112 valence electrons. The summed E-state index contributed by atoms with van der Waals surface area (Å²) in [5.41, 5.74) is 1.11. The second-order valence-electron chi connectivity index (χ2n) is 4.44. The van der Waals surface area contributed by atoms with Crippen LogP contribution in [-0.4, -0.2) is 22.7 Å². The number of benzene rings is 1. The highest BCUT2D eigenvalue weighted by atomic mass is 16.5. The molecule has 22 heavy (non-hydrogen) atoms. The summed E-state index contributed by atoms with van der Waals surface area (Å²) in [5, 5.41) is 12.3. The van der Waals surface area contributed by atoms with Crippen LogP contribution in [0.2, 0.25) is 0 Å². The highest BCUT2D eigenvalue weighted by Gasteiger charge is 2.20. The molecule has 0 spiro atoms. The maximum absolute atomic E-state index is 11.5. The lowest BCUT2D eigenvalue weighted by Gasteiger charge is -2.16. The largest absolute Gasteiger partial charge is 0.494 e. The van der Waals surface area contributed by atoms with Crippen LogP contribution >= 0.6 is 0 Å². The minimum Gasteiger partial charge on any atom is -0.494 e. The Morgan fingerprint density at radius 2 is 2.27 bits per heavy atom. The van der Waals surface area contributed by atoms with Crippen molar-refractivity contribution in [2.75, 3.05) is 11.9 Å². The van der Waals surface area contributed by atoms with Gasteiger partial charge in [-0.2, -0.15) is 0 Å². The van der Waals surface area contributed by atoms with Gasteiger partial charge in [-0.25, -0.2) is 4.79 Å². The van der Waals surface area contributed by atoms with Crippen LogP contribution in [0.5, 0.6) is 5.75 Å². The van der Waals surface area contributed by atoms with Crippen LogP contribution in [0.25, 0.3) is 4.85 Å². The number of aliphatic carboxylic acids is 1. The van der Waals surface area contributed by atoms with Crippen LogP contribution in [-0.2, 0) is 4.79 Å². The molecule has 0 saturated heterocycles. The molecule has 0 amide bonds. The highest BCUT2D eigenvalue weighted by Crippen LogP contribution is 2.24. The summed E-state index contributed by atoms with van der Waals surface area (Å²) in [5.74, 6) is -0.131. The molecule has 0 aliphatic heterocycles. The third-order valence-corrected chi connectivity index (χ3v) is 2.92. The van der Waals surface area contributed by atoms with Crippen LogP contribution in [0, 0.1) is 6.57 Å². The highest BCUT2D eigenvalue weighted by molar-refractivity contribution is 5.79. The Morgan fingerprint density at radius 3 is 2.86 bits per heavy atom. The maximum Gasteiger partial charge on any atom is 0.330 e. The quantitative estimate of drug-likeness (QED) is 0.800. The van der Waals surface area contributed by atoms with Crippen molar-refractivity contribution in [1.82, 2.24) is 4.98 Å². The molecule has 6 heteroatoms. The van der Waals surface area contributed by atoms with Crippen molar-refractivity contribution in [3.63, 3.8) is 0 Å². The fourth-order valence-electron chi connectivity index (χ4n) is 1.94. The van der Waals surface area contributed by atoms with Gasteiger partial charge in [0.25, 0.3) is 5.82 Å². The predicted octanol–water partition coefficient (Wildman–Crippen LogP) is 3.27. The van der Waals surface area contributed by atoms with Crippen molar-refractivity contribution in [3.8, 4) is 5.75 Å². The van der Waals surface area contributed by atoms with E-state index in [0.29, 0.717) is 23.6 Å². The van der Waals surface area contributed by atoms with Crippen molar-refractivity contribution >= 4 is 17.5 Å². The third-order valence-electron chi connectivity index (χ3n) is 2.92. The van der Waals surface area contributed by atoms with Crippen molar-refractivity contribution in [2.45, 2.75) is 13.0 Å². The minimum atomic E-state index is -1.01. The number of carboxylic acid groups (broad SMARTS) is 1. The fraction of sp³-hybridized carbons (Fsp3) is 0.188. The van der Waals surface area contributed by atoms with E-state index in [2.05, 4.69) is 15.1 Å². The number of pyridine rings is 1. The van der Waals surface area contributed by atoms with E-state index in [1.54, 1.807) is 30.3 Å². The molecule has 1 aromatic carbocycles. The molecular weight excluding hydrogens is 282 g/mol. The van der Waals surface area contributed by atoms with E-state index in [4.69, 9.17) is 11.3 Å². The van der Waals surface area contributed by atoms with Crippen LogP contribution < -0.4 is 10.1 Å². The molecule has 0 aliphatic carbocycles. The summed E-state index contributed by atoms with van der Waals surface area (Å²) >= 11 is 0. The molecule has 0 saturated carbocycles. The summed E-state index contributed by atoms with van der Waals surface area (Å²) in [6, 6.07) is 9.16. The smallest absolute Gasteiger partial charge is 0.330 e. The molecule has 0 fully saturated rings. The zero-order chi connectivity index (χ0) is 15.9. The van der Waals surface area contributed by atoms with Crippen molar-refractivity contribution < 1.29 is 14.6 Å². The monoisotopic (exact) mass is 297 g/mol. The van der Waals surface area contributed by atoms with Gasteiger partial charge in [0, 0.05) is 0 Å². The molecule has 1 aromatic heterocycles. The lowest BCUT2D eigenvalue weighted by atomic mass is 10.1. The Balaban J connectivity index is 2.24. The molecule has 0 aliphatic rings. The van der Waals surface area contributed by atoms with Gasteiger partial charge in [0.2, 0.25) is 0 Å². The number of rotatable bonds is 6. The number of nitrogens with zero attached hydrogens (tertiary/aromatic N) is 2. The molecule has 2 rings (SSSR count). The van der Waals surface area contributed by atoms with E-state index in [1.807, 2.05) is 6.92 Å². The van der Waals surface area contributed by atoms with Gasteiger partial charge in [0.05, 0.1) is 12.3 Å². The maximum atomic E-state index is 11.5. The number of hydrogen-bond donors (Lipinski definition) is 2. The number of carbonyl (C=O) groups is 1. The summed E-state index contributed by atoms with van der Waals surface area (Å²) < 4.78 is 5.39. The first-order valence-electron chi connectivity index (χ1n) is 6.69. The third kappa shape index (κ3) is 3.73. The number of ether oxygens (including phenoxy) is 1. The van der Waals surface area contributed by atoms with E-state index in [0.717, 1.165) is 0 Å². The van der Waals surface area contributed by atoms with E-state index < -0.39 is 12.0 Å². The normalized spacial score (nSPS) is 11.3. The van der Waals surface area contributed by atoms with E-state index in [1.165, 1.54) is 12.3 Å². The molecular formula is C16H15N3O3. The lowest BCUT2D eigenvalue weighted by molar-refractivity contribution is -0.138. The van der Waals surface area contributed by atoms with Gasteiger partial charge in [0.1, 0.15) is 11.9 Å². The lowest BCUT2D eigenvalue weighted by Crippen LogP contribution is -2.20. The number of hydrogen-bond acceptors (Lipinski definition) is 4. The van der Waals surface area contributed by atoms with Gasteiger partial charge in [-0.1, -0.05) is 18.7 Å². The molecule has 0 bridgehead atoms. The molecule has 6 nitrogen and oxygen atoms in total. The van der Waals surface area contributed by atoms with E-state index >= 15 is 0 Å². The van der Waals surface area contributed by atoms with Crippen molar-refractivity contribution in [3.05, 3.63) is 59.6 Å². The first kappa shape index (κ1) is 15.3. The predicted molar refractivity (Wildman–Crippen MR) is 82.1 cm³/mol. The topological polar surface area (TPSA) is 75.8 Å². The van der Waals surface area contributed by atoms with Gasteiger partial charge in [-0.15, -0.1) is 4.98 Å². The SMILES string of the molecule is [C-]#[N+]c1ccc(NC(C(=O)O)c2cccc(OCC)c2)cn1. The Kier molecular flexibility index (Phi) is 4.94. The zero-order valence-electron chi connectivity index (χ0n) is 12.0. The molecule has 2 N–H and O–H groups in total. The molecule has 0 radical (unpaired) electrons. The van der Waals surface area contributed by atoms with E-state index in [-0.39, 0.29) is 5.82 Å². The van der Waals surface area contributed by atoms with Gasteiger partial charge in [0.15, 0.2) is 6.04 Å². The second-order valence-corrected chi connectivity index (χ2v) is 4.44. The fourth-order valence-corrected chi connectivity index (χ4v) is 1.94. The molecule has 1 heterocycles.